The van der Waals surface area contributed by atoms with E-state index in [0.29, 0.717) is 24.3 Å². The Morgan fingerprint density at radius 3 is 2.11 bits per heavy atom. The zero-order valence-corrected chi connectivity index (χ0v) is 28.9. The molecule has 0 spiro atoms. The van der Waals surface area contributed by atoms with Crippen molar-refractivity contribution in [2.75, 3.05) is 14.2 Å². The second-order valence-corrected chi connectivity index (χ2v) is 15.1. The van der Waals surface area contributed by atoms with Crippen LogP contribution in [0.25, 0.3) is 0 Å². The van der Waals surface area contributed by atoms with Crippen LogP contribution in [0, 0.1) is 46.3 Å². The van der Waals surface area contributed by atoms with E-state index in [1.165, 1.54) is 6.07 Å². The number of aromatic hydroxyl groups is 1. The van der Waals surface area contributed by atoms with Crippen molar-refractivity contribution < 1.29 is 43.7 Å². The maximum absolute atomic E-state index is 14.5. The molecule has 0 saturated heterocycles. The number of hydrogen-bond donors (Lipinski definition) is 2. The Balaban J connectivity index is 1.86. The van der Waals surface area contributed by atoms with Crippen molar-refractivity contribution in [3.63, 3.8) is 0 Å². The van der Waals surface area contributed by atoms with E-state index in [1.807, 2.05) is 13.0 Å². The van der Waals surface area contributed by atoms with Crippen molar-refractivity contribution in [1.29, 1.82) is 0 Å². The zero-order chi connectivity index (χ0) is 34.5. The van der Waals surface area contributed by atoms with Crippen LogP contribution in [0.5, 0.6) is 5.75 Å². The number of fused-ring (bicyclic) bond motifs is 3. The van der Waals surface area contributed by atoms with E-state index in [0.717, 1.165) is 31.7 Å². The molecule has 0 aliphatic heterocycles. The summed E-state index contributed by atoms with van der Waals surface area (Å²) < 4.78 is 11.1. The van der Waals surface area contributed by atoms with Crippen molar-refractivity contribution in [3.8, 4) is 5.75 Å². The average Bonchev–Trinajstić information content (AvgIpc) is 2.97. The molecule has 0 heterocycles. The average molecular weight is 641 g/mol. The van der Waals surface area contributed by atoms with Crippen molar-refractivity contribution in [2.45, 2.75) is 105 Å². The van der Waals surface area contributed by atoms with Gasteiger partial charge in [0.05, 0.1) is 11.5 Å². The Bertz CT molecular complexity index is 1390. The number of phenolic OH excluding ortho intramolecular Hbond substituents is 1. The fourth-order valence-corrected chi connectivity index (χ4v) is 9.62. The predicted molar refractivity (Wildman–Crippen MR) is 171 cm³/mol. The second kappa shape index (κ2) is 13.0. The van der Waals surface area contributed by atoms with E-state index in [2.05, 4.69) is 13.8 Å². The summed E-state index contributed by atoms with van der Waals surface area (Å²) in [5.41, 5.74) is -3.72. The number of carbonyl (C=O) groups is 5. The topological polar surface area (TPSA) is 144 Å². The number of ketones is 5. The van der Waals surface area contributed by atoms with Crippen LogP contribution in [0.2, 0.25) is 0 Å². The third-order valence-corrected chi connectivity index (χ3v) is 11.7. The van der Waals surface area contributed by atoms with E-state index in [-0.39, 0.29) is 30.1 Å². The fourth-order valence-electron chi connectivity index (χ4n) is 9.62. The van der Waals surface area contributed by atoms with Gasteiger partial charge in [-0.05, 0) is 73.0 Å². The van der Waals surface area contributed by atoms with Gasteiger partial charge in [0.2, 0.25) is 0 Å². The lowest BCUT2D eigenvalue weighted by atomic mass is 9.40. The summed E-state index contributed by atoms with van der Waals surface area (Å²) in [6.07, 6.45) is 4.05. The zero-order valence-electron chi connectivity index (χ0n) is 28.9. The number of phenols is 1. The molecule has 0 radical (unpaired) electrons. The molecule has 46 heavy (non-hydrogen) atoms. The molecule has 4 unspecified atom stereocenters. The Kier molecular flexibility index (Phi) is 10.2. The Morgan fingerprint density at radius 1 is 0.978 bits per heavy atom. The summed E-state index contributed by atoms with van der Waals surface area (Å²) in [7, 11) is 3.21. The molecule has 9 heteroatoms. The highest BCUT2D eigenvalue weighted by Gasteiger charge is 2.76. The van der Waals surface area contributed by atoms with Gasteiger partial charge in [0, 0.05) is 32.0 Å². The smallest absolute Gasteiger partial charge is 0.190 e. The monoisotopic (exact) mass is 640 g/mol. The molecule has 254 valence electrons. The molecule has 0 bridgehead atoms. The lowest BCUT2D eigenvalue weighted by molar-refractivity contribution is -0.205. The Hall–Kier alpha value is -2.75. The molecule has 2 saturated carbocycles. The highest BCUT2D eigenvalue weighted by molar-refractivity contribution is 6.32. The molecular formula is C37H52O9. The summed E-state index contributed by atoms with van der Waals surface area (Å²) in [5, 5.41) is 23.3. The van der Waals surface area contributed by atoms with E-state index in [4.69, 9.17) is 9.47 Å². The maximum atomic E-state index is 14.5. The van der Waals surface area contributed by atoms with Gasteiger partial charge in [-0.2, -0.15) is 0 Å². The largest absolute Gasteiger partial charge is 0.507 e. The van der Waals surface area contributed by atoms with Crippen LogP contribution >= 0.6 is 0 Å². The molecule has 0 aromatic heterocycles. The maximum Gasteiger partial charge on any atom is 0.190 e. The molecule has 2 fully saturated rings. The minimum Gasteiger partial charge on any atom is -0.507 e. The molecule has 4 rings (SSSR count). The highest BCUT2D eigenvalue weighted by Crippen LogP contribution is 2.64. The first kappa shape index (κ1) is 36.1. The number of ether oxygens (including phenoxy) is 2. The van der Waals surface area contributed by atoms with Crippen LogP contribution in [-0.4, -0.2) is 65.2 Å². The Morgan fingerprint density at radius 2 is 1.59 bits per heavy atom. The van der Waals surface area contributed by atoms with Crippen LogP contribution in [-0.2, 0) is 41.5 Å². The Labute approximate surface area is 272 Å². The number of methoxy groups -OCH3 is 2. The summed E-state index contributed by atoms with van der Waals surface area (Å²) in [4.78, 5) is 69.2. The van der Waals surface area contributed by atoms with E-state index < -0.39 is 75.3 Å². The standard InChI is InChI=1S/C37H52O9/c1-10-21(11-2)14-22(16-26(45-8)46-9)15-23-12-13-25(39)28-24(23)17-35(6)18-36(7)29(19(3)4)31(40)27(20(5)38)33(42)37(36,44)34(43)30(35)32(28)41/h12-13,19,21-22,26-27,29-30,39,44H,10-11,14-18H2,1-9H3/t22?,27?,29?,30?,35-,36-,37+/m1/s1. The third kappa shape index (κ3) is 5.50. The van der Waals surface area contributed by atoms with E-state index in [1.54, 1.807) is 35.0 Å². The van der Waals surface area contributed by atoms with Gasteiger partial charge in [0.25, 0.3) is 0 Å². The van der Waals surface area contributed by atoms with Crippen LogP contribution in [0.15, 0.2) is 12.1 Å². The molecule has 2 N–H and O–H groups in total. The molecule has 1 aromatic rings. The lowest BCUT2D eigenvalue weighted by Gasteiger charge is -2.62. The molecule has 7 atom stereocenters. The minimum absolute atomic E-state index is 0.0325. The van der Waals surface area contributed by atoms with Crippen molar-refractivity contribution in [2.24, 2.45) is 46.3 Å². The number of Topliss-reactive ketones (excluding diaryl/α,β-unsaturated/α-hetero) is 5. The van der Waals surface area contributed by atoms with Crippen LogP contribution < -0.4 is 0 Å². The normalized spacial score (nSPS) is 31.7. The first-order chi connectivity index (χ1) is 21.5. The lowest BCUT2D eigenvalue weighted by Crippen LogP contribution is -2.76. The number of carbonyl (C=O) groups excluding carboxylic acids is 5. The summed E-state index contributed by atoms with van der Waals surface area (Å²) in [5.74, 6) is -8.24. The molecule has 9 nitrogen and oxygen atoms in total. The summed E-state index contributed by atoms with van der Waals surface area (Å²) >= 11 is 0. The molecule has 3 aliphatic rings. The SMILES string of the molecule is CCC(CC)CC(Cc1ccc(O)c2c1C[C@]1(C)C[C@]3(C)C(C(C)C)C(=O)C(C(C)=O)C(=O)[C@]3(O)C(=O)C1C2=O)CC(OC)OC. The van der Waals surface area contributed by atoms with Crippen LogP contribution in [0.3, 0.4) is 0 Å². The van der Waals surface area contributed by atoms with Gasteiger partial charge in [-0.25, -0.2) is 0 Å². The number of hydrogen-bond acceptors (Lipinski definition) is 9. The van der Waals surface area contributed by atoms with Crippen molar-refractivity contribution >= 4 is 28.9 Å². The van der Waals surface area contributed by atoms with Gasteiger partial charge in [0.1, 0.15) is 17.5 Å². The second-order valence-electron chi connectivity index (χ2n) is 15.1. The highest BCUT2D eigenvalue weighted by atomic mass is 16.7. The first-order valence-electron chi connectivity index (χ1n) is 16.8. The minimum atomic E-state index is -2.70. The summed E-state index contributed by atoms with van der Waals surface area (Å²) in [6, 6.07) is 3.31. The van der Waals surface area contributed by atoms with Crippen molar-refractivity contribution in [1.82, 2.24) is 0 Å². The number of aliphatic hydroxyl groups is 1. The van der Waals surface area contributed by atoms with Crippen molar-refractivity contribution in [3.05, 3.63) is 28.8 Å². The van der Waals surface area contributed by atoms with Gasteiger partial charge >= 0.3 is 0 Å². The van der Waals surface area contributed by atoms with Gasteiger partial charge in [-0.15, -0.1) is 0 Å². The molecule has 0 amide bonds. The van der Waals surface area contributed by atoms with Gasteiger partial charge in [-0.1, -0.05) is 60.5 Å². The van der Waals surface area contributed by atoms with Gasteiger partial charge in [-0.3, -0.25) is 24.0 Å². The van der Waals surface area contributed by atoms with Crippen LogP contribution in [0.4, 0.5) is 0 Å². The van der Waals surface area contributed by atoms with Gasteiger partial charge in [0.15, 0.2) is 35.0 Å². The summed E-state index contributed by atoms with van der Waals surface area (Å²) in [6.45, 7) is 12.4. The predicted octanol–water partition coefficient (Wildman–Crippen LogP) is 5.09. The number of benzene rings is 1. The fraction of sp³-hybridized carbons (Fsp3) is 0.703. The van der Waals surface area contributed by atoms with E-state index >= 15 is 0 Å². The number of rotatable bonds is 12. The van der Waals surface area contributed by atoms with Gasteiger partial charge < -0.3 is 19.7 Å². The van der Waals surface area contributed by atoms with Crippen LogP contribution in [0.1, 0.15) is 102 Å². The molecule has 1 aromatic carbocycles. The quantitative estimate of drug-likeness (QED) is 0.236. The third-order valence-electron chi connectivity index (χ3n) is 11.7. The molecular weight excluding hydrogens is 588 g/mol. The first-order valence-corrected chi connectivity index (χ1v) is 16.8. The molecule has 3 aliphatic carbocycles. The van der Waals surface area contributed by atoms with E-state index in [9.17, 15) is 34.2 Å².